The van der Waals surface area contributed by atoms with Gasteiger partial charge in [0, 0.05) is 25.7 Å². The van der Waals surface area contributed by atoms with Gasteiger partial charge in [0.2, 0.25) is 0 Å². The second-order valence-corrected chi connectivity index (χ2v) is 8.08. The topological polar surface area (TPSA) is 77.3 Å². The lowest BCUT2D eigenvalue weighted by Gasteiger charge is -2.31. The van der Waals surface area contributed by atoms with E-state index in [1.54, 1.807) is 6.33 Å². The summed E-state index contributed by atoms with van der Waals surface area (Å²) in [6.07, 6.45) is 6.02. The van der Waals surface area contributed by atoms with Gasteiger partial charge in [-0.2, -0.15) is 0 Å². The number of hydrogen-bond donors (Lipinski definition) is 0. The zero-order valence-electron chi connectivity index (χ0n) is 15.6. The largest absolute Gasteiger partial charge is 0.453 e. The Morgan fingerprint density at radius 1 is 1.18 bits per heavy atom. The van der Waals surface area contributed by atoms with Crippen LogP contribution in [0.25, 0.3) is 5.65 Å². The first-order chi connectivity index (χ1) is 13.8. The van der Waals surface area contributed by atoms with Gasteiger partial charge in [0.1, 0.15) is 17.9 Å². The molecule has 8 nitrogen and oxygen atoms in total. The predicted molar refractivity (Wildman–Crippen MR) is 104 cm³/mol. The van der Waals surface area contributed by atoms with Crippen molar-refractivity contribution in [1.82, 2.24) is 34.3 Å². The standard InChI is InChI=1S/C19H21N7OS/c1-24-13-20-23-19(24)28-17-8-7-15(27-17)12-25-9-4-5-14(11-25)18-22-21-16-6-2-3-10-26(16)18/h2-3,6-8,10,13-14H,4-5,9,11-12H2,1H3. The highest BCUT2D eigenvalue weighted by molar-refractivity contribution is 7.99. The second-order valence-electron chi connectivity index (χ2n) is 7.11. The highest BCUT2D eigenvalue weighted by Crippen LogP contribution is 2.30. The smallest absolute Gasteiger partial charge is 0.198 e. The number of aryl methyl sites for hydroxylation is 1. The average Bonchev–Trinajstić information content (AvgIpc) is 3.43. The molecule has 4 aromatic heterocycles. The first kappa shape index (κ1) is 17.4. The molecular weight excluding hydrogens is 374 g/mol. The van der Waals surface area contributed by atoms with E-state index in [1.165, 1.54) is 11.8 Å². The van der Waals surface area contributed by atoms with E-state index in [0.717, 1.165) is 60.0 Å². The Balaban J connectivity index is 1.27. The fourth-order valence-corrected chi connectivity index (χ4v) is 4.47. The maximum absolute atomic E-state index is 6.02. The summed E-state index contributed by atoms with van der Waals surface area (Å²) in [4.78, 5) is 2.44. The summed E-state index contributed by atoms with van der Waals surface area (Å²) in [5.74, 6) is 2.41. The summed E-state index contributed by atoms with van der Waals surface area (Å²) in [5, 5.41) is 18.4. The molecule has 0 radical (unpaired) electrons. The Hall–Kier alpha value is -2.65. The molecule has 0 amide bonds. The minimum absolute atomic E-state index is 0.383. The monoisotopic (exact) mass is 395 g/mol. The summed E-state index contributed by atoms with van der Waals surface area (Å²) >= 11 is 1.49. The molecule has 1 atom stereocenters. The number of hydrogen-bond acceptors (Lipinski definition) is 7. The van der Waals surface area contributed by atoms with E-state index in [1.807, 2.05) is 42.1 Å². The minimum atomic E-state index is 0.383. The molecule has 1 fully saturated rings. The van der Waals surface area contributed by atoms with E-state index in [4.69, 9.17) is 4.42 Å². The van der Waals surface area contributed by atoms with Gasteiger partial charge in [0.15, 0.2) is 15.9 Å². The number of aromatic nitrogens is 6. The van der Waals surface area contributed by atoms with Crippen molar-refractivity contribution in [2.75, 3.05) is 13.1 Å². The molecule has 0 N–H and O–H groups in total. The summed E-state index contributed by atoms with van der Waals surface area (Å²) < 4.78 is 10.0. The van der Waals surface area contributed by atoms with Crippen LogP contribution < -0.4 is 0 Å². The van der Waals surface area contributed by atoms with Crippen LogP contribution in [0.2, 0.25) is 0 Å². The summed E-state index contributed by atoms with van der Waals surface area (Å²) in [5.41, 5.74) is 0.908. The van der Waals surface area contributed by atoms with Gasteiger partial charge in [-0.05, 0) is 55.4 Å². The fourth-order valence-electron chi connectivity index (χ4n) is 3.72. The van der Waals surface area contributed by atoms with Gasteiger partial charge in [-0.15, -0.1) is 20.4 Å². The maximum Gasteiger partial charge on any atom is 0.198 e. The number of rotatable bonds is 5. The van der Waals surface area contributed by atoms with Crippen LogP contribution >= 0.6 is 11.8 Å². The van der Waals surface area contributed by atoms with E-state index in [2.05, 4.69) is 35.8 Å². The quantitative estimate of drug-likeness (QED) is 0.514. The highest BCUT2D eigenvalue weighted by atomic mass is 32.2. The molecule has 144 valence electrons. The lowest BCUT2D eigenvalue weighted by Crippen LogP contribution is -2.34. The molecule has 0 aliphatic carbocycles. The van der Waals surface area contributed by atoms with Gasteiger partial charge >= 0.3 is 0 Å². The molecular formula is C19H21N7OS. The fraction of sp³-hybridized carbons (Fsp3) is 0.368. The summed E-state index contributed by atoms with van der Waals surface area (Å²) in [6, 6.07) is 10.1. The highest BCUT2D eigenvalue weighted by Gasteiger charge is 2.25. The van der Waals surface area contributed by atoms with Crippen molar-refractivity contribution in [3.8, 4) is 0 Å². The van der Waals surface area contributed by atoms with Gasteiger partial charge in [0.05, 0.1) is 6.54 Å². The Bertz CT molecular complexity index is 1080. The molecule has 1 unspecified atom stereocenters. The number of pyridine rings is 1. The van der Waals surface area contributed by atoms with E-state index in [9.17, 15) is 0 Å². The number of furan rings is 1. The molecule has 0 saturated carbocycles. The van der Waals surface area contributed by atoms with E-state index in [0.29, 0.717) is 5.92 Å². The van der Waals surface area contributed by atoms with Crippen LogP contribution in [0.1, 0.15) is 30.3 Å². The Kier molecular flexibility index (Phi) is 4.61. The lowest BCUT2D eigenvalue weighted by molar-refractivity contribution is 0.180. The van der Waals surface area contributed by atoms with Crippen molar-refractivity contribution in [2.45, 2.75) is 35.6 Å². The predicted octanol–water partition coefficient (Wildman–Crippen LogP) is 2.98. The Morgan fingerprint density at radius 2 is 2.14 bits per heavy atom. The SMILES string of the molecule is Cn1cnnc1Sc1ccc(CN2CCCC(c3nnc4ccccn34)C2)o1. The van der Waals surface area contributed by atoms with Crippen LogP contribution in [0.3, 0.4) is 0 Å². The third-order valence-electron chi connectivity index (χ3n) is 5.09. The summed E-state index contributed by atoms with van der Waals surface area (Å²) in [6.45, 7) is 2.83. The van der Waals surface area contributed by atoms with E-state index < -0.39 is 0 Å². The van der Waals surface area contributed by atoms with Crippen molar-refractivity contribution in [3.63, 3.8) is 0 Å². The zero-order chi connectivity index (χ0) is 18.9. The molecule has 5 rings (SSSR count). The molecule has 4 aromatic rings. The molecule has 1 aliphatic heterocycles. The minimum Gasteiger partial charge on any atom is -0.453 e. The molecule has 0 spiro atoms. The summed E-state index contributed by atoms with van der Waals surface area (Å²) in [7, 11) is 1.92. The van der Waals surface area contributed by atoms with Gasteiger partial charge in [-0.3, -0.25) is 9.30 Å². The molecule has 1 saturated heterocycles. The van der Waals surface area contributed by atoms with E-state index in [-0.39, 0.29) is 0 Å². The molecule has 0 aromatic carbocycles. The van der Waals surface area contributed by atoms with Gasteiger partial charge in [0.25, 0.3) is 0 Å². The first-order valence-corrected chi connectivity index (χ1v) is 10.2. The first-order valence-electron chi connectivity index (χ1n) is 9.39. The molecule has 5 heterocycles. The third-order valence-corrected chi connectivity index (χ3v) is 6.06. The third kappa shape index (κ3) is 3.43. The van der Waals surface area contributed by atoms with Crippen molar-refractivity contribution in [1.29, 1.82) is 0 Å². The second kappa shape index (κ2) is 7.40. The van der Waals surface area contributed by atoms with Crippen LogP contribution in [-0.4, -0.2) is 47.4 Å². The van der Waals surface area contributed by atoms with Crippen molar-refractivity contribution < 1.29 is 4.42 Å². The lowest BCUT2D eigenvalue weighted by atomic mass is 9.97. The maximum atomic E-state index is 6.02. The van der Waals surface area contributed by atoms with Gasteiger partial charge < -0.3 is 8.98 Å². The molecule has 1 aliphatic rings. The van der Waals surface area contributed by atoms with Crippen LogP contribution in [0, 0.1) is 0 Å². The molecule has 0 bridgehead atoms. The van der Waals surface area contributed by atoms with Crippen molar-refractivity contribution in [3.05, 3.63) is 54.4 Å². The van der Waals surface area contributed by atoms with E-state index >= 15 is 0 Å². The zero-order valence-corrected chi connectivity index (χ0v) is 16.4. The van der Waals surface area contributed by atoms with Crippen molar-refractivity contribution in [2.24, 2.45) is 7.05 Å². The van der Waals surface area contributed by atoms with Crippen molar-refractivity contribution >= 4 is 17.4 Å². The number of piperidine rings is 1. The van der Waals surface area contributed by atoms with Crippen LogP contribution in [0.4, 0.5) is 0 Å². The average molecular weight is 395 g/mol. The number of likely N-dealkylation sites (tertiary alicyclic amines) is 1. The number of nitrogens with zero attached hydrogens (tertiary/aromatic N) is 7. The molecule has 28 heavy (non-hydrogen) atoms. The Morgan fingerprint density at radius 3 is 3.04 bits per heavy atom. The van der Waals surface area contributed by atoms with Gasteiger partial charge in [-0.1, -0.05) is 6.07 Å². The van der Waals surface area contributed by atoms with Crippen LogP contribution in [0.5, 0.6) is 0 Å². The molecule has 9 heteroatoms. The Labute approximate surface area is 166 Å². The van der Waals surface area contributed by atoms with Gasteiger partial charge in [-0.25, -0.2) is 0 Å². The van der Waals surface area contributed by atoms with Crippen LogP contribution in [-0.2, 0) is 13.6 Å². The normalized spacial score (nSPS) is 18.1. The number of fused-ring (bicyclic) bond motifs is 1. The van der Waals surface area contributed by atoms with Crippen LogP contribution in [0.15, 0.2) is 57.5 Å².